The number of esters is 1. The quantitative estimate of drug-likeness (QED) is 0.641. The molecule has 1 fully saturated rings. The minimum absolute atomic E-state index is 0.000438. The Morgan fingerprint density at radius 2 is 1.37 bits per heavy atom. The summed E-state index contributed by atoms with van der Waals surface area (Å²) < 4.78 is 16.0. The van der Waals surface area contributed by atoms with E-state index >= 15 is 0 Å². The van der Waals surface area contributed by atoms with Gasteiger partial charge in [0.15, 0.2) is 12.4 Å². The number of aliphatic hydroxyl groups is 3. The molecule has 1 unspecified atom stereocenters. The van der Waals surface area contributed by atoms with Gasteiger partial charge in [-0.05, 0) is 11.1 Å². The van der Waals surface area contributed by atoms with E-state index < -0.39 is 36.7 Å². The molecule has 1 saturated heterocycles. The molecule has 0 bridgehead atoms. The fraction of sp³-hybridized carbons (Fsp3) is 0.350. The van der Waals surface area contributed by atoms with Crippen molar-refractivity contribution in [1.82, 2.24) is 0 Å². The predicted octanol–water partition coefficient (Wildman–Crippen LogP) is 0.754. The van der Waals surface area contributed by atoms with Crippen molar-refractivity contribution in [2.75, 3.05) is 0 Å². The van der Waals surface area contributed by atoms with Crippen LogP contribution in [0.15, 0.2) is 60.7 Å². The van der Waals surface area contributed by atoms with Gasteiger partial charge in [0.1, 0.15) is 24.9 Å². The van der Waals surface area contributed by atoms with E-state index in [9.17, 15) is 20.1 Å². The Hall–Kier alpha value is -2.29. The number of hydrogen-bond donors (Lipinski definition) is 3. The molecule has 1 aliphatic rings. The van der Waals surface area contributed by atoms with E-state index in [1.165, 1.54) is 0 Å². The molecular weight excluding hydrogens is 352 g/mol. The number of hydrogen-bond acceptors (Lipinski definition) is 7. The maximum Gasteiger partial charge on any atom is 0.338 e. The van der Waals surface area contributed by atoms with Crippen LogP contribution < -0.4 is 0 Å². The lowest BCUT2D eigenvalue weighted by molar-refractivity contribution is -0.298. The van der Waals surface area contributed by atoms with Crippen molar-refractivity contribution in [1.29, 1.82) is 0 Å². The van der Waals surface area contributed by atoms with Crippen LogP contribution in [0, 0.1) is 0 Å². The van der Waals surface area contributed by atoms with Gasteiger partial charge < -0.3 is 29.5 Å². The van der Waals surface area contributed by atoms with Crippen LogP contribution in [0.3, 0.4) is 0 Å². The zero-order chi connectivity index (χ0) is 19.2. The second-order valence-corrected chi connectivity index (χ2v) is 6.29. The number of rotatable bonds is 6. The molecule has 0 aromatic heterocycles. The fourth-order valence-corrected chi connectivity index (χ4v) is 2.74. The topological polar surface area (TPSA) is 105 Å². The summed E-state index contributed by atoms with van der Waals surface area (Å²) in [6.07, 6.45) is -7.47. The lowest BCUT2D eigenvalue weighted by Gasteiger charge is -2.39. The molecule has 27 heavy (non-hydrogen) atoms. The summed E-state index contributed by atoms with van der Waals surface area (Å²) in [7, 11) is 0. The molecule has 0 aliphatic carbocycles. The molecule has 0 spiro atoms. The summed E-state index contributed by atoms with van der Waals surface area (Å²) in [5, 5.41) is 30.2. The van der Waals surface area contributed by atoms with E-state index in [1.807, 2.05) is 48.5 Å². The van der Waals surface area contributed by atoms with E-state index in [4.69, 9.17) is 14.2 Å². The molecule has 7 nitrogen and oxygen atoms in total. The van der Waals surface area contributed by atoms with Gasteiger partial charge in [0, 0.05) is 0 Å². The summed E-state index contributed by atoms with van der Waals surface area (Å²) >= 11 is 0. The van der Waals surface area contributed by atoms with E-state index in [1.54, 1.807) is 12.1 Å². The van der Waals surface area contributed by atoms with Gasteiger partial charge in [0.05, 0.1) is 6.61 Å². The van der Waals surface area contributed by atoms with Gasteiger partial charge in [-0.15, -0.1) is 0 Å². The molecule has 0 radical (unpaired) electrons. The van der Waals surface area contributed by atoms with Crippen LogP contribution in [0.4, 0.5) is 0 Å². The Labute approximate surface area is 156 Å². The second-order valence-electron chi connectivity index (χ2n) is 6.29. The van der Waals surface area contributed by atoms with Crippen molar-refractivity contribution in [3.05, 3.63) is 71.8 Å². The molecule has 2 aromatic rings. The summed E-state index contributed by atoms with van der Waals surface area (Å²) in [6.45, 7) is 0.109. The summed E-state index contributed by atoms with van der Waals surface area (Å²) in [5.74, 6) is -0.842. The van der Waals surface area contributed by atoms with E-state index in [-0.39, 0.29) is 13.2 Å². The predicted molar refractivity (Wildman–Crippen MR) is 94.2 cm³/mol. The van der Waals surface area contributed by atoms with Crippen molar-refractivity contribution in [3.8, 4) is 0 Å². The van der Waals surface area contributed by atoms with Crippen LogP contribution in [0.1, 0.15) is 11.1 Å². The zero-order valence-corrected chi connectivity index (χ0v) is 14.5. The van der Waals surface area contributed by atoms with Crippen LogP contribution in [-0.4, -0.2) is 52.0 Å². The van der Waals surface area contributed by atoms with Gasteiger partial charge in [-0.25, -0.2) is 4.79 Å². The highest BCUT2D eigenvalue weighted by Gasteiger charge is 2.48. The smallest absolute Gasteiger partial charge is 0.338 e. The SMILES string of the molecule is O=C(OCc1ccccc1)[C@H]1OC(OCc2ccccc2)[C@H](O)[C@@H](O)[C@H]1O. The van der Waals surface area contributed by atoms with E-state index in [0.717, 1.165) is 11.1 Å². The van der Waals surface area contributed by atoms with Gasteiger partial charge in [-0.2, -0.15) is 0 Å². The lowest BCUT2D eigenvalue weighted by atomic mass is 9.99. The first-order valence-corrected chi connectivity index (χ1v) is 8.62. The third-order valence-corrected chi connectivity index (χ3v) is 4.28. The van der Waals surface area contributed by atoms with Crippen molar-refractivity contribution in [2.24, 2.45) is 0 Å². The van der Waals surface area contributed by atoms with Crippen LogP contribution in [0.2, 0.25) is 0 Å². The first-order chi connectivity index (χ1) is 13.1. The lowest BCUT2D eigenvalue weighted by Crippen LogP contribution is -2.60. The van der Waals surface area contributed by atoms with E-state index in [0.29, 0.717) is 0 Å². The fourth-order valence-electron chi connectivity index (χ4n) is 2.74. The van der Waals surface area contributed by atoms with Crippen LogP contribution in [0.25, 0.3) is 0 Å². The summed E-state index contributed by atoms with van der Waals surface area (Å²) in [6, 6.07) is 18.2. The first-order valence-electron chi connectivity index (χ1n) is 8.62. The van der Waals surface area contributed by atoms with Crippen LogP contribution in [-0.2, 0) is 32.2 Å². The molecule has 2 aromatic carbocycles. The van der Waals surface area contributed by atoms with Crippen LogP contribution >= 0.6 is 0 Å². The number of ether oxygens (including phenoxy) is 3. The molecule has 144 valence electrons. The van der Waals surface area contributed by atoms with Crippen LogP contribution in [0.5, 0.6) is 0 Å². The van der Waals surface area contributed by atoms with Gasteiger partial charge in [0.25, 0.3) is 0 Å². The molecule has 3 N–H and O–H groups in total. The largest absolute Gasteiger partial charge is 0.459 e. The van der Waals surface area contributed by atoms with Gasteiger partial charge in [-0.1, -0.05) is 60.7 Å². The number of carbonyl (C=O) groups is 1. The summed E-state index contributed by atoms with van der Waals surface area (Å²) in [5.41, 5.74) is 1.60. The highest BCUT2D eigenvalue weighted by molar-refractivity contribution is 5.75. The van der Waals surface area contributed by atoms with Crippen molar-refractivity contribution < 1.29 is 34.3 Å². The Kier molecular flexibility index (Phi) is 6.54. The summed E-state index contributed by atoms with van der Waals surface area (Å²) in [4.78, 5) is 12.3. The molecule has 3 rings (SSSR count). The Morgan fingerprint density at radius 1 is 0.815 bits per heavy atom. The second kappa shape index (κ2) is 9.07. The molecule has 7 heteroatoms. The minimum atomic E-state index is -1.63. The molecule has 1 aliphatic heterocycles. The number of benzene rings is 2. The third-order valence-electron chi connectivity index (χ3n) is 4.28. The number of carbonyl (C=O) groups excluding carboxylic acids is 1. The maximum atomic E-state index is 12.3. The van der Waals surface area contributed by atoms with Crippen molar-refractivity contribution in [2.45, 2.75) is 43.9 Å². The molecule has 1 heterocycles. The van der Waals surface area contributed by atoms with E-state index in [2.05, 4.69) is 0 Å². The van der Waals surface area contributed by atoms with Crippen molar-refractivity contribution >= 4 is 5.97 Å². The highest BCUT2D eigenvalue weighted by atomic mass is 16.7. The standard InChI is InChI=1S/C20H22O7/c21-15-16(22)18(19(24)25-11-13-7-3-1-4-8-13)27-20(17(15)23)26-12-14-9-5-2-6-10-14/h1-10,15-18,20-23H,11-12H2/t15-,16+,17+,18-,20?/m0/s1. The molecule has 5 atom stereocenters. The first kappa shape index (κ1) is 19.5. The highest BCUT2D eigenvalue weighted by Crippen LogP contribution is 2.24. The average Bonchev–Trinajstić information content (AvgIpc) is 2.71. The monoisotopic (exact) mass is 374 g/mol. The Morgan fingerprint density at radius 3 is 1.96 bits per heavy atom. The maximum absolute atomic E-state index is 12.3. The average molecular weight is 374 g/mol. The minimum Gasteiger partial charge on any atom is -0.459 e. The molecule has 0 saturated carbocycles. The zero-order valence-electron chi connectivity index (χ0n) is 14.5. The Balaban J connectivity index is 1.60. The normalized spacial score (nSPS) is 27.9. The Bertz CT molecular complexity index is 722. The third kappa shape index (κ3) is 4.91. The van der Waals surface area contributed by atoms with Gasteiger partial charge in [-0.3, -0.25) is 0 Å². The molecular formula is C20H22O7. The van der Waals surface area contributed by atoms with Crippen molar-refractivity contribution in [3.63, 3.8) is 0 Å². The molecule has 0 amide bonds. The van der Waals surface area contributed by atoms with Gasteiger partial charge >= 0.3 is 5.97 Å². The van der Waals surface area contributed by atoms with Gasteiger partial charge in [0.2, 0.25) is 0 Å². The number of aliphatic hydroxyl groups excluding tert-OH is 3.